The first-order valence-electron chi connectivity index (χ1n) is 9.37. The summed E-state index contributed by atoms with van der Waals surface area (Å²) in [7, 11) is 0. The third-order valence-electron chi connectivity index (χ3n) is 4.75. The van der Waals surface area contributed by atoms with E-state index >= 15 is 0 Å². The Morgan fingerprint density at radius 1 is 1.00 bits per heavy atom. The Kier molecular flexibility index (Phi) is 5.53. The second kappa shape index (κ2) is 8.40. The quantitative estimate of drug-likeness (QED) is 0.452. The molecule has 1 heterocycles. The summed E-state index contributed by atoms with van der Waals surface area (Å²) in [6.07, 6.45) is 2.49. The van der Waals surface area contributed by atoms with Gasteiger partial charge in [-0.15, -0.1) is 5.10 Å². The minimum atomic E-state index is -0.0966. The average Bonchev–Trinajstić information content (AvgIpc) is 3.04. The average molecular weight is 388 g/mol. The fourth-order valence-electron chi connectivity index (χ4n) is 3.28. The summed E-state index contributed by atoms with van der Waals surface area (Å²) in [6, 6.07) is 24.3. The van der Waals surface area contributed by atoms with Crippen LogP contribution < -0.4 is 0 Å². The molecular formula is C23H21N3OS. The van der Waals surface area contributed by atoms with Gasteiger partial charge in [0.1, 0.15) is 0 Å². The van der Waals surface area contributed by atoms with Crippen LogP contribution in [0.15, 0.2) is 83.0 Å². The van der Waals surface area contributed by atoms with Crippen LogP contribution in [0.5, 0.6) is 0 Å². The molecule has 0 bridgehead atoms. The molecule has 0 aromatic heterocycles. The van der Waals surface area contributed by atoms with Crippen molar-refractivity contribution >= 4 is 39.8 Å². The van der Waals surface area contributed by atoms with Crippen LogP contribution in [0.1, 0.15) is 24.5 Å². The number of amides is 1. The first-order valence-corrected chi connectivity index (χ1v) is 10.2. The first kappa shape index (κ1) is 18.4. The van der Waals surface area contributed by atoms with Gasteiger partial charge in [0.25, 0.3) is 0 Å². The van der Waals surface area contributed by atoms with Gasteiger partial charge in [-0.05, 0) is 28.3 Å². The second-order valence-corrected chi connectivity index (χ2v) is 7.79. The van der Waals surface area contributed by atoms with E-state index < -0.39 is 0 Å². The Labute approximate surface area is 169 Å². The molecule has 140 valence electrons. The van der Waals surface area contributed by atoms with Crippen LogP contribution in [0.2, 0.25) is 0 Å². The van der Waals surface area contributed by atoms with E-state index in [0.717, 1.165) is 22.9 Å². The molecule has 1 fully saturated rings. The Morgan fingerprint density at radius 3 is 2.57 bits per heavy atom. The first-order chi connectivity index (χ1) is 13.8. The zero-order valence-corrected chi connectivity index (χ0v) is 16.5. The van der Waals surface area contributed by atoms with Gasteiger partial charge in [-0.2, -0.15) is 5.10 Å². The normalized spacial score (nSPS) is 18.6. The number of carbonyl (C=O) groups excluding carboxylic acids is 1. The van der Waals surface area contributed by atoms with Gasteiger partial charge in [-0.3, -0.25) is 9.69 Å². The summed E-state index contributed by atoms with van der Waals surface area (Å²) in [6.45, 7) is 2.53. The molecule has 0 N–H and O–H groups in total. The number of carbonyl (C=O) groups is 1. The van der Waals surface area contributed by atoms with E-state index in [1.807, 2.05) is 55.5 Å². The predicted octanol–water partition coefficient (Wildman–Crippen LogP) is 5.08. The van der Waals surface area contributed by atoms with E-state index in [1.165, 1.54) is 17.1 Å². The van der Waals surface area contributed by atoms with Gasteiger partial charge in [0.2, 0.25) is 5.91 Å². The molecule has 1 aliphatic rings. The number of amidine groups is 1. The molecule has 5 heteroatoms. The second-order valence-electron chi connectivity index (χ2n) is 6.62. The van der Waals surface area contributed by atoms with Crippen molar-refractivity contribution in [3.8, 4) is 0 Å². The van der Waals surface area contributed by atoms with Crippen LogP contribution >= 0.6 is 11.8 Å². The maximum Gasteiger partial charge on any atom is 0.242 e. The molecule has 0 saturated carbocycles. The predicted molar refractivity (Wildman–Crippen MR) is 118 cm³/mol. The van der Waals surface area contributed by atoms with Crippen LogP contribution in [-0.2, 0) is 11.3 Å². The van der Waals surface area contributed by atoms with Crippen LogP contribution in [0, 0.1) is 0 Å². The van der Waals surface area contributed by atoms with E-state index in [-0.39, 0.29) is 11.2 Å². The molecule has 28 heavy (non-hydrogen) atoms. The molecular weight excluding hydrogens is 366 g/mol. The Hall–Kier alpha value is -2.92. The van der Waals surface area contributed by atoms with Crippen molar-refractivity contribution < 1.29 is 4.79 Å². The van der Waals surface area contributed by atoms with Crippen molar-refractivity contribution in [1.29, 1.82) is 0 Å². The molecule has 1 aliphatic heterocycles. The summed E-state index contributed by atoms with van der Waals surface area (Å²) in [4.78, 5) is 14.7. The summed E-state index contributed by atoms with van der Waals surface area (Å²) < 4.78 is 0. The van der Waals surface area contributed by atoms with E-state index in [0.29, 0.717) is 11.7 Å². The Bertz CT molecular complexity index is 1040. The molecule has 0 radical (unpaired) electrons. The van der Waals surface area contributed by atoms with Crippen LogP contribution in [0.4, 0.5) is 0 Å². The van der Waals surface area contributed by atoms with Crippen molar-refractivity contribution in [3.05, 3.63) is 83.9 Å². The van der Waals surface area contributed by atoms with Gasteiger partial charge >= 0.3 is 0 Å². The van der Waals surface area contributed by atoms with Crippen molar-refractivity contribution in [2.24, 2.45) is 10.2 Å². The number of nitrogens with zero attached hydrogens (tertiary/aromatic N) is 3. The molecule has 4 nitrogen and oxygen atoms in total. The molecule has 0 aliphatic carbocycles. The van der Waals surface area contributed by atoms with Crippen molar-refractivity contribution in [3.63, 3.8) is 0 Å². The third kappa shape index (κ3) is 3.85. The molecule has 3 aromatic carbocycles. The molecule has 4 rings (SSSR count). The maximum atomic E-state index is 12.9. The zero-order chi connectivity index (χ0) is 19.3. The molecule has 0 spiro atoms. The number of hydrogen-bond acceptors (Lipinski definition) is 4. The van der Waals surface area contributed by atoms with Gasteiger partial charge in [0, 0.05) is 0 Å². The molecule has 3 aromatic rings. The van der Waals surface area contributed by atoms with Crippen molar-refractivity contribution in [2.75, 3.05) is 0 Å². The van der Waals surface area contributed by atoms with Crippen LogP contribution in [0.3, 0.4) is 0 Å². The number of fused-ring (bicyclic) bond motifs is 1. The summed E-state index contributed by atoms with van der Waals surface area (Å²) in [5.41, 5.74) is 2.09. The Balaban J connectivity index is 1.63. The lowest BCUT2D eigenvalue weighted by molar-refractivity contribution is -0.126. The Morgan fingerprint density at radius 2 is 1.75 bits per heavy atom. The largest absolute Gasteiger partial charge is 0.284 e. The summed E-state index contributed by atoms with van der Waals surface area (Å²) in [5.74, 6) is 0.106. The highest BCUT2D eigenvalue weighted by Gasteiger charge is 2.37. The molecule has 0 unspecified atom stereocenters. The highest BCUT2D eigenvalue weighted by atomic mass is 32.2. The lowest BCUT2D eigenvalue weighted by Gasteiger charge is -2.17. The van der Waals surface area contributed by atoms with E-state index in [2.05, 4.69) is 34.5 Å². The topological polar surface area (TPSA) is 45.0 Å². The van der Waals surface area contributed by atoms with Gasteiger partial charge in [0.15, 0.2) is 5.17 Å². The standard InChI is InChI=1S/C23H21N3OS/c1-2-21-22(27)26(16-19-13-8-12-18-11-6-7-14-20(18)19)23(28-21)25-24-15-17-9-4-3-5-10-17/h3-15,21H,2,16H2,1H3/b24-15-,25-23+/t21-/m0/s1. The minimum absolute atomic E-state index is 0.0966. The van der Waals surface area contributed by atoms with Crippen molar-refractivity contribution in [2.45, 2.75) is 25.1 Å². The highest BCUT2D eigenvalue weighted by molar-refractivity contribution is 8.15. The number of thioether (sulfide) groups is 1. The van der Waals surface area contributed by atoms with Crippen LogP contribution in [0.25, 0.3) is 10.8 Å². The van der Waals surface area contributed by atoms with Gasteiger partial charge in [-0.25, -0.2) is 0 Å². The maximum absolute atomic E-state index is 12.9. The van der Waals surface area contributed by atoms with E-state index in [4.69, 9.17) is 0 Å². The molecule has 1 saturated heterocycles. The molecule has 1 amide bonds. The lowest BCUT2D eigenvalue weighted by atomic mass is 10.0. The van der Waals surface area contributed by atoms with Gasteiger partial charge in [-0.1, -0.05) is 91.5 Å². The zero-order valence-electron chi connectivity index (χ0n) is 15.7. The fraction of sp³-hybridized carbons (Fsp3) is 0.174. The van der Waals surface area contributed by atoms with Crippen LogP contribution in [-0.4, -0.2) is 27.4 Å². The number of benzene rings is 3. The fourth-order valence-corrected chi connectivity index (χ4v) is 4.30. The SMILES string of the molecule is CC[C@@H]1S/C(=N/N=C\c2ccccc2)N(Cc2cccc3ccccc23)C1=O. The smallest absolute Gasteiger partial charge is 0.242 e. The van der Waals surface area contributed by atoms with Crippen molar-refractivity contribution in [1.82, 2.24) is 4.90 Å². The number of hydrogen-bond donors (Lipinski definition) is 0. The third-order valence-corrected chi connectivity index (χ3v) is 6.08. The van der Waals surface area contributed by atoms with E-state index in [1.54, 1.807) is 11.1 Å². The minimum Gasteiger partial charge on any atom is -0.284 e. The summed E-state index contributed by atoms with van der Waals surface area (Å²) >= 11 is 1.50. The summed E-state index contributed by atoms with van der Waals surface area (Å²) in [5, 5.41) is 11.5. The van der Waals surface area contributed by atoms with Gasteiger partial charge < -0.3 is 0 Å². The van der Waals surface area contributed by atoms with Gasteiger partial charge in [0.05, 0.1) is 18.0 Å². The number of rotatable bonds is 5. The van der Waals surface area contributed by atoms with E-state index in [9.17, 15) is 4.79 Å². The highest BCUT2D eigenvalue weighted by Crippen LogP contribution is 2.32. The lowest BCUT2D eigenvalue weighted by Crippen LogP contribution is -2.31. The monoisotopic (exact) mass is 387 g/mol. The molecule has 1 atom stereocenters.